The van der Waals surface area contributed by atoms with Gasteiger partial charge < -0.3 is 9.84 Å². The monoisotopic (exact) mass is 339 g/mol. The van der Waals surface area contributed by atoms with E-state index in [1.165, 1.54) is 18.5 Å². The normalized spacial score (nSPS) is 10.1. The number of halogens is 1. The molecule has 9 heteroatoms. The largest absolute Gasteiger partial charge is 0.478 e. The summed E-state index contributed by atoms with van der Waals surface area (Å²) >= 11 is 3.14. The van der Waals surface area contributed by atoms with Crippen LogP contribution in [-0.2, 0) is 0 Å². The molecule has 0 saturated carbocycles. The first-order valence-electron chi connectivity index (χ1n) is 5.14. The van der Waals surface area contributed by atoms with Gasteiger partial charge >= 0.3 is 12.0 Å². The van der Waals surface area contributed by atoms with Gasteiger partial charge in [-0.15, -0.1) is 0 Å². The summed E-state index contributed by atoms with van der Waals surface area (Å²) in [5.74, 6) is -1.42. The molecule has 1 aromatic carbocycles. The van der Waals surface area contributed by atoms with Crippen molar-refractivity contribution in [3.63, 3.8) is 0 Å². The molecule has 0 spiro atoms. The van der Waals surface area contributed by atoms with E-state index in [1.54, 1.807) is 0 Å². The fourth-order valence-electron chi connectivity index (χ4n) is 1.34. The Hall–Kier alpha value is -2.55. The number of nitro groups is 1. The number of nitro benzene ring substituents is 1. The first-order valence-corrected chi connectivity index (χ1v) is 5.94. The number of hydrogen-bond donors (Lipinski definition) is 1. The number of nitrogens with zero attached hydrogens (tertiary/aromatic N) is 3. The molecule has 0 fully saturated rings. The minimum Gasteiger partial charge on any atom is -0.478 e. The lowest BCUT2D eigenvalue weighted by atomic mass is 10.2. The first-order chi connectivity index (χ1) is 9.47. The lowest BCUT2D eigenvalue weighted by Gasteiger charge is -2.06. The van der Waals surface area contributed by atoms with Crippen LogP contribution in [0, 0.1) is 10.1 Å². The Bertz CT molecular complexity index is 674. The molecule has 2 rings (SSSR count). The van der Waals surface area contributed by atoms with Gasteiger partial charge in [-0.05, 0) is 22.0 Å². The Morgan fingerprint density at radius 3 is 2.55 bits per heavy atom. The van der Waals surface area contributed by atoms with Gasteiger partial charge in [0.1, 0.15) is 11.3 Å². The summed E-state index contributed by atoms with van der Waals surface area (Å²) in [6.45, 7) is 0. The summed E-state index contributed by atoms with van der Waals surface area (Å²) in [5.41, 5.74) is -0.683. The van der Waals surface area contributed by atoms with E-state index in [9.17, 15) is 14.9 Å². The predicted octanol–water partition coefficient (Wildman–Crippen LogP) is 2.64. The second-order valence-corrected chi connectivity index (χ2v) is 4.44. The minimum atomic E-state index is -1.35. The van der Waals surface area contributed by atoms with Crippen molar-refractivity contribution in [2.45, 2.75) is 0 Å². The van der Waals surface area contributed by atoms with Gasteiger partial charge in [-0.3, -0.25) is 10.1 Å². The fourth-order valence-corrected chi connectivity index (χ4v) is 1.54. The number of non-ortho nitro benzene ring substituents is 1. The number of rotatable bonds is 4. The molecule has 1 heterocycles. The third-order valence-electron chi connectivity index (χ3n) is 2.20. The van der Waals surface area contributed by atoms with Gasteiger partial charge in [0.15, 0.2) is 0 Å². The molecule has 0 radical (unpaired) electrons. The van der Waals surface area contributed by atoms with E-state index in [0.717, 1.165) is 12.1 Å². The Balaban J connectivity index is 2.38. The predicted molar refractivity (Wildman–Crippen MR) is 69.9 cm³/mol. The molecule has 1 aromatic heterocycles. The third-order valence-corrected chi connectivity index (χ3v) is 2.61. The fraction of sp³-hybridized carbons (Fsp3) is 0. The van der Waals surface area contributed by atoms with Gasteiger partial charge in [0.05, 0.1) is 9.40 Å². The quantitative estimate of drug-likeness (QED) is 0.672. The maximum Gasteiger partial charge on any atom is 0.339 e. The highest BCUT2D eigenvalue weighted by atomic mass is 79.9. The number of hydrogen-bond acceptors (Lipinski definition) is 6. The van der Waals surface area contributed by atoms with Crippen molar-refractivity contribution >= 4 is 27.6 Å². The number of aromatic carboxylic acids is 1. The van der Waals surface area contributed by atoms with Gasteiger partial charge in [-0.25, -0.2) is 14.8 Å². The van der Waals surface area contributed by atoms with Gasteiger partial charge in [0, 0.05) is 24.5 Å². The maximum atomic E-state index is 11.1. The molecule has 102 valence electrons. The summed E-state index contributed by atoms with van der Waals surface area (Å²) in [7, 11) is 0. The number of benzene rings is 1. The first kappa shape index (κ1) is 13.9. The van der Waals surface area contributed by atoms with Crippen LogP contribution in [0.5, 0.6) is 11.8 Å². The van der Waals surface area contributed by atoms with Crippen LogP contribution >= 0.6 is 15.9 Å². The van der Waals surface area contributed by atoms with Crippen molar-refractivity contribution in [1.29, 1.82) is 0 Å². The topological polar surface area (TPSA) is 115 Å². The van der Waals surface area contributed by atoms with Gasteiger partial charge in [0.25, 0.3) is 5.69 Å². The van der Waals surface area contributed by atoms with Crippen LogP contribution in [0.4, 0.5) is 5.69 Å². The average Bonchev–Trinajstić information content (AvgIpc) is 2.41. The molecule has 0 unspecified atom stereocenters. The maximum absolute atomic E-state index is 11.1. The van der Waals surface area contributed by atoms with E-state index in [0.29, 0.717) is 4.47 Å². The molecule has 0 aliphatic carbocycles. The van der Waals surface area contributed by atoms with Gasteiger partial charge in [-0.2, -0.15) is 0 Å². The number of aromatic nitrogens is 2. The highest BCUT2D eigenvalue weighted by molar-refractivity contribution is 9.10. The highest BCUT2D eigenvalue weighted by Gasteiger charge is 2.18. The molecule has 1 N–H and O–H groups in total. The molecule has 0 saturated heterocycles. The molecule has 2 aromatic rings. The number of ether oxygens (including phenoxy) is 1. The van der Waals surface area contributed by atoms with Gasteiger partial charge in [0.2, 0.25) is 0 Å². The van der Waals surface area contributed by atoms with Crippen molar-refractivity contribution in [2.24, 2.45) is 0 Å². The Labute approximate surface area is 120 Å². The zero-order valence-electron chi connectivity index (χ0n) is 9.69. The smallest absolute Gasteiger partial charge is 0.339 e. The lowest BCUT2D eigenvalue weighted by molar-refractivity contribution is -0.384. The molecule has 0 atom stereocenters. The van der Waals surface area contributed by atoms with Crippen molar-refractivity contribution in [3.05, 3.63) is 50.7 Å². The molecule has 0 amide bonds. The average molecular weight is 340 g/mol. The minimum absolute atomic E-state index is 0.0652. The van der Waals surface area contributed by atoms with E-state index >= 15 is 0 Å². The summed E-state index contributed by atoms with van der Waals surface area (Å²) in [6.07, 6.45) is 2.85. The van der Waals surface area contributed by atoms with Crippen LogP contribution in [-0.4, -0.2) is 26.0 Å². The molecule has 0 aliphatic heterocycles. The van der Waals surface area contributed by atoms with E-state index in [-0.39, 0.29) is 23.0 Å². The summed E-state index contributed by atoms with van der Waals surface area (Å²) in [5, 5.41) is 19.7. The molecular formula is C11H6BrN3O5. The lowest BCUT2D eigenvalue weighted by Crippen LogP contribution is -2.02. The van der Waals surface area contributed by atoms with Crippen LogP contribution in [0.25, 0.3) is 0 Å². The Morgan fingerprint density at radius 2 is 2.00 bits per heavy atom. The second-order valence-electron chi connectivity index (χ2n) is 3.53. The van der Waals surface area contributed by atoms with Crippen LogP contribution in [0.15, 0.2) is 35.1 Å². The summed E-state index contributed by atoms with van der Waals surface area (Å²) in [4.78, 5) is 28.7. The SMILES string of the molecule is O=C(O)c1cc([N+](=O)[O-])ccc1Oc1ncc(Br)cn1. The second kappa shape index (κ2) is 5.61. The van der Waals surface area contributed by atoms with E-state index in [1.807, 2.05) is 0 Å². The number of carboxylic acid groups (broad SMARTS) is 1. The molecule has 8 nitrogen and oxygen atoms in total. The van der Waals surface area contributed by atoms with Crippen molar-refractivity contribution in [3.8, 4) is 11.8 Å². The zero-order chi connectivity index (χ0) is 14.7. The van der Waals surface area contributed by atoms with Crippen LogP contribution in [0.3, 0.4) is 0 Å². The molecule has 20 heavy (non-hydrogen) atoms. The Morgan fingerprint density at radius 1 is 1.35 bits per heavy atom. The third kappa shape index (κ3) is 3.06. The standard InChI is InChI=1S/C11H6BrN3O5/c12-6-4-13-11(14-5-6)20-9-2-1-7(15(18)19)3-8(9)10(16)17/h1-5H,(H,16,17). The molecule has 0 aliphatic rings. The van der Waals surface area contributed by atoms with Crippen LogP contribution < -0.4 is 4.74 Å². The summed E-state index contributed by atoms with van der Waals surface area (Å²) in [6, 6.07) is 3.17. The molecular weight excluding hydrogens is 334 g/mol. The van der Waals surface area contributed by atoms with Crippen molar-refractivity contribution in [1.82, 2.24) is 9.97 Å². The number of carboxylic acids is 1. The number of carbonyl (C=O) groups is 1. The Kier molecular flexibility index (Phi) is 3.89. The van der Waals surface area contributed by atoms with Gasteiger partial charge in [-0.1, -0.05) is 0 Å². The van der Waals surface area contributed by atoms with E-state index in [2.05, 4.69) is 25.9 Å². The van der Waals surface area contributed by atoms with Crippen molar-refractivity contribution in [2.75, 3.05) is 0 Å². The summed E-state index contributed by atoms with van der Waals surface area (Å²) < 4.78 is 5.85. The van der Waals surface area contributed by atoms with Crippen LogP contribution in [0.1, 0.15) is 10.4 Å². The highest BCUT2D eigenvalue weighted by Crippen LogP contribution is 2.27. The van der Waals surface area contributed by atoms with E-state index in [4.69, 9.17) is 9.84 Å². The van der Waals surface area contributed by atoms with Crippen molar-refractivity contribution < 1.29 is 19.6 Å². The zero-order valence-corrected chi connectivity index (χ0v) is 11.3. The van der Waals surface area contributed by atoms with E-state index < -0.39 is 10.9 Å². The molecule has 0 bridgehead atoms. The van der Waals surface area contributed by atoms with Crippen LogP contribution in [0.2, 0.25) is 0 Å².